The van der Waals surface area contributed by atoms with Crippen molar-refractivity contribution in [2.75, 3.05) is 6.54 Å². The summed E-state index contributed by atoms with van der Waals surface area (Å²) in [5.41, 5.74) is 1.37. The van der Waals surface area contributed by atoms with Gasteiger partial charge in [0.15, 0.2) is 6.10 Å². The smallest absolute Gasteiger partial charge is 0.332 e. The Hall–Kier alpha value is -2.34. The van der Waals surface area contributed by atoms with Crippen LogP contribution in [0.25, 0.3) is 10.9 Å². The van der Waals surface area contributed by atoms with Gasteiger partial charge in [-0.2, -0.15) is 0 Å². The number of carbonyl (C=O) groups excluding carboxylic acids is 1. The minimum absolute atomic E-state index is 0.189. The van der Waals surface area contributed by atoms with Crippen LogP contribution in [0.5, 0.6) is 0 Å². The molecule has 2 aromatic rings. The predicted octanol–water partition coefficient (Wildman–Crippen LogP) is 1.53. The summed E-state index contributed by atoms with van der Waals surface area (Å²) in [7, 11) is 0. The Balaban J connectivity index is 1.62. The second-order valence-corrected chi connectivity index (χ2v) is 5.12. The van der Waals surface area contributed by atoms with E-state index in [0.29, 0.717) is 24.9 Å². The van der Waals surface area contributed by atoms with Gasteiger partial charge in [-0.05, 0) is 25.0 Å². The molecule has 110 valence electrons. The van der Waals surface area contributed by atoms with Gasteiger partial charge in [0.1, 0.15) is 0 Å². The fraction of sp³-hybridized carbons (Fsp3) is 0.333. The zero-order chi connectivity index (χ0) is 14.8. The number of para-hydroxylation sites is 1. The Morgan fingerprint density at radius 2 is 2.19 bits per heavy atom. The van der Waals surface area contributed by atoms with Crippen molar-refractivity contribution in [1.29, 1.82) is 0 Å². The number of aromatic amines is 1. The Kier molecular flexibility index (Phi) is 3.62. The van der Waals surface area contributed by atoms with Gasteiger partial charge in [-0.25, -0.2) is 4.79 Å². The van der Waals surface area contributed by atoms with E-state index in [0.717, 1.165) is 10.9 Å². The second-order valence-electron chi connectivity index (χ2n) is 5.12. The van der Waals surface area contributed by atoms with Crippen LogP contribution in [0.4, 0.5) is 0 Å². The van der Waals surface area contributed by atoms with E-state index < -0.39 is 12.1 Å². The Morgan fingerprint density at radius 1 is 1.33 bits per heavy atom. The van der Waals surface area contributed by atoms with Crippen molar-refractivity contribution in [3.63, 3.8) is 0 Å². The van der Waals surface area contributed by atoms with Gasteiger partial charge in [0, 0.05) is 18.1 Å². The largest absolute Gasteiger partial charge is 0.479 e. The maximum Gasteiger partial charge on any atom is 0.332 e. The SMILES string of the molecule is O=C(NCC1CCC(C(=O)O)O1)c1cccc2cc[nH]c12. The molecule has 1 aromatic carbocycles. The first-order valence-electron chi connectivity index (χ1n) is 6.87. The summed E-state index contributed by atoms with van der Waals surface area (Å²) in [4.78, 5) is 26.1. The minimum Gasteiger partial charge on any atom is -0.479 e. The summed E-state index contributed by atoms with van der Waals surface area (Å²) in [6, 6.07) is 7.42. The number of carbonyl (C=O) groups is 2. The summed E-state index contributed by atoms with van der Waals surface area (Å²) >= 11 is 0. The first-order chi connectivity index (χ1) is 10.1. The number of rotatable bonds is 4. The lowest BCUT2D eigenvalue weighted by Gasteiger charge is -2.12. The second kappa shape index (κ2) is 5.57. The molecule has 0 spiro atoms. The van der Waals surface area contributed by atoms with Crippen LogP contribution < -0.4 is 5.32 Å². The third-order valence-corrected chi connectivity index (χ3v) is 3.71. The lowest BCUT2D eigenvalue weighted by molar-refractivity contribution is -0.149. The Bertz CT molecular complexity index is 679. The third-order valence-electron chi connectivity index (χ3n) is 3.71. The molecule has 2 unspecified atom stereocenters. The van der Waals surface area contributed by atoms with E-state index in [4.69, 9.17) is 9.84 Å². The number of aliphatic carboxylic acids is 1. The van der Waals surface area contributed by atoms with Gasteiger partial charge in [-0.1, -0.05) is 12.1 Å². The van der Waals surface area contributed by atoms with Crippen molar-refractivity contribution in [2.24, 2.45) is 0 Å². The van der Waals surface area contributed by atoms with Crippen LogP contribution in [0.1, 0.15) is 23.2 Å². The van der Waals surface area contributed by atoms with Crippen molar-refractivity contribution in [2.45, 2.75) is 25.0 Å². The zero-order valence-electron chi connectivity index (χ0n) is 11.3. The number of nitrogens with one attached hydrogen (secondary N) is 2. The molecule has 1 aliphatic rings. The van der Waals surface area contributed by atoms with Crippen molar-refractivity contribution in [3.05, 3.63) is 36.0 Å². The van der Waals surface area contributed by atoms with Gasteiger partial charge in [0.25, 0.3) is 5.91 Å². The highest BCUT2D eigenvalue weighted by atomic mass is 16.5. The van der Waals surface area contributed by atoms with Crippen molar-refractivity contribution >= 4 is 22.8 Å². The van der Waals surface area contributed by atoms with Gasteiger partial charge < -0.3 is 20.1 Å². The number of amides is 1. The first-order valence-corrected chi connectivity index (χ1v) is 6.87. The van der Waals surface area contributed by atoms with Gasteiger partial charge in [-0.15, -0.1) is 0 Å². The molecule has 1 aliphatic heterocycles. The number of ether oxygens (including phenoxy) is 1. The highest BCUT2D eigenvalue weighted by molar-refractivity contribution is 6.05. The standard InChI is InChI=1S/C15H16N2O4/c18-14(11-3-1-2-9-6-7-16-13(9)11)17-8-10-4-5-12(21-10)15(19)20/h1-3,6-7,10,12,16H,4-5,8H2,(H,17,18)(H,19,20). The van der Waals surface area contributed by atoms with Crippen molar-refractivity contribution < 1.29 is 19.4 Å². The summed E-state index contributed by atoms with van der Waals surface area (Å²) in [5.74, 6) is -1.13. The molecule has 0 saturated carbocycles. The number of hydrogen-bond acceptors (Lipinski definition) is 3. The minimum atomic E-state index is -0.944. The molecule has 0 bridgehead atoms. The molecule has 2 atom stereocenters. The Morgan fingerprint density at radius 3 is 2.95 bits per heavy atom. The zero-order valence-corrected chi connectivity index (χ0v) is 11.3. The fourth-order valence-corrected chi connectivity index (χ4v) is 2.61. The van der Waals surface area contributed by atoms with Gasteiger partial charge in [-0.3, -0.25) is 4.79 Å². The number of carboxylic acids is 1. The number of aromatic nitrogens is 1. The molecule has 1 amide bonds. The van der Waals surface area contributed by atoms with E-state index in [9.17, 15) is 9.59 Å². The molecular formula is C15H16N2O4. The van der Waals surface area contributed by atoms with E-state index in [1.807, 2.05) is 18.2 Å². The van der Waals surface area contributed by atoms with E-state index >= 15 is 0 Å². The van der Waals surface area contributed by atoms with Crippen molar-refractivity contribution in [1.82, 2.24) is 10.3 Å². The number of hydrogen-bond donors (Lipinski definition) is 3. The van der Waals surface area contributed by atoms with Crippen LogP contribution in [0.2, 0.25) is 0 Å². The number of benzene rings is 1. The van der Waals surface area contributed by atoms with E-state index in [-0.39, 0.29) is 12.0 Å². The topological polar surface area (TPSA) is 91.4 Å². The van der Waals surface area contributed by atoms with E-state index in [1.54, 1.807) is 12.3 Å². The molecule has 0 aliphatic carbocycles. The monoisotopic (exact) mass is 288 g/mol. The third kappa shape index (κ3) is 2.75. The van der Waals surface area contributed by atoms with Crippen LogP contribution >= 0.6 is 0 Å². The summed E-state index contributed by atoms with van der Waals surface area (Å²) in [6.45, 7) is 0.319. The number of carboxylic acid groups (broad SMARTS) is 1. The molecule has 0 radical (unpaired) electrons. The number of fused-ring (bicyclic) bond motifs is 1. The van der Waals surface area contributed by atoms with E-state index in [1.165, 1.54) is 0 Å². The molecule has 3 rings (SSSR count). The molecule has 1 fully saturated rings. The highest BCUT2D eigenvalue weighted by Gasteiger charge is 2.30. The van der Waals surface area contributed by atoms with Crippen LogP contribution in [0.3, 0.4) is 0 Å². The van der Waals surface area contributed by atoms with Crippen LogP contribution in [0, 0.1) is 0 Å². The molecule has 3 N–H and O–H groups in total. The molecule has 2 heterocycles. The van der Waals surface area contributed by atoms with Crippen LogP contribution in [-0.2, 0) is 9.53 Å². The lowest BCUT2D eigenvalue weighted by atomic mass is 10.1. The van der Waals surface area contributed by atoms with Gasteiger partial charge in [0.05, 0.1) is 17.2 Å². The fourth-order valence-electron chi connectivity index (χ4n) is 2.61. The van der Waals surface area contributed by atoms with Crippen molar-refractivity contribution in [3.8, 4) is 0 Å². The molecular weight excluding hydrogens is 272 g/mol. The summed E-state index contributed by atoms with van der Waals surface area (Å²) < 4.78 is 5.36. The molecule has 1 aromatic heterocycles. The molecule has 6 heteroatoms. The number of H-pyrrole nitrogens is 1. The normalized spacial score (nSPS) is 21.5. The highest BCUT2D eigenvalue weighted by Crippen LogP contribution is 2.20. The average molecular weight is 288 g/mol. The molecule has 21 heavy (non-hydrogen) atoms. The molecule has 1 saturated heterocycles. The summed E-state index contributed by atoms with van der Waals surface area (Å²) in [6.07, 6.45) is 1.93. The molecule has 6 nitrogen and oxygen atoms in total. The van der Waals surface area contributed by atoms with E-state index in [2.05, 4.69) is 10.3 Å². The average Bonchev–Trinajstić information content (AvgIpc) is 3.12. The van der Waals surface area contributed by atoms with Gasteiger partial charge >= 0.3 is 5.97 Å². The first kappa shape index (κ1) is 13.6. The van der Waals surface area contributed by atoms with Crippen LogP contribution in [0.15, 0.2) is 30.5 Å². The quantitative estimate of drug-likeness (QED) is 0.795. The van der Waals surface area contributed by atoms with Gasteiger partial charge in [0.2, 0.25) is 0 Å². The summed E-state index contributed by atoms with van der Waals surface area (Å²) in [5, 5.41) is 12.6. The maximum absolute atomic E-state index is 12.2. The predicted molar refractivity (Wildman–Crippen MR) is 76.2 cm³/mol. The maximum atomic E-state index is 12.2. The van der Waals surface area contributed by atoms with Crippen LogP contribution in [-0.4, -0.2) is 40.7 Å². The Labute approximate surface area is 121 Å². The lowest BCUT2D eigenvalue weighted by Crippen LogP contribution is -2.33.